The number of rotatable bonds is 8. The number of amides is 2. The van der Waals surface area contributed by atoms with Crippen LogP contribution in [0.25, 0.3) is 0 Å². The summed E-state index contributed by atoms with van der Waals surface area (Å²) in [5, 5.41) is 23.9. The summed E-state index contributed by atoms with van der Waals surface area (Å²) in [5.74, 6) is -1.66. The van der Waals surface area contributed by atoms with Crippen LogP contribution in [0.3, 0.4) is 0 Å². The zero-order chi connectivity index (χ0) is 28.1. The topological polar surface area (TPSA) is 127 Å². The number of halogens is 2. The number of hydrogen-bond donors (Lipinski definition) is 0. The molecule has 4 rings (SSSR count). The summed E-state index contributed by atoms with van der Waals surface area (Å²) in [6.45, 7) is 0. The maximum Gasteiger partial charge on any atom is 0.293 e. The molecule has 0 radical (unpaired) electrons. The molecule has 0 aliphatic carbocycles. The number of nitrogens with zero attached hydrogens (tertiary/aromatic N) is 4. The minimum absolute atomic E-state index is 0.135. The quantitative estimate of drug-likeness (QED) is 0.126. The van der Waals surface area contributed by atoms with E-state index < -0.39 is 39.5 Å². The first-order valence-electron chi connectivity index (χ1n) is 11.3. The van der Waals surface area contributed by atoms with Crippen molar-refractivity contribution in [3.63, 3.8) is 0 Å². The lowest BCUT2D eigenvalue weighted by atomic mass is 10.1. The Kier molecular flexibility index (Phi) is 8.18. The van der Waals surface area contributed by atoms with Crippen molar-refractivity contribution < 1.29 is 19.4 Å². The highest BCUT2D eigenvalue weighted by Gasteiger charge is 2.32. The smallest absolute Gasteiger partial charge is 0.274 e. The molecular formula is C27H18Cl2N4O6. The number of hydrogen-bond acceptors (Lipinski definition) is 6. The maximum atomic E-state index is 13.7. The van der Waals surface area contributed by atoms with Crippen molar-refractivity contribution >= 4 is 69.1 Å². The van der Waals surface area contributed by atoms with E-state index in [0.717, 1.165) is 21.9 Å². The lowest BCUT2D eigenvalue weighted by Crippen LogP contribution is -2.34. The molecule has 0 saturated heterocycles. The van der Waals surface area contributed by atoms with Crippen molar-refractivity contribution in [1.82, 2.24) is 0 Å². The average molecular weight is 565 g/mol. The molecule has 0 atom stereocenters. The van der Waals surface area contributed by atoms with Crippen molar-refractivity contribution in [1.29, 1.82) is 0 Å². The maximum absolute atomic E-state index is 13.7. The normalized spacial score (nSPS) is 10.5. The highest BCUT2D eigenvalue weighted by Crippen LogP contribution is 2.39. The summed E-state index contributed by atoms with van der Waals surface area (Å²) in [7, 11) is 0. The minimum atomic E-state index is -0.831. The van der Waals surface area contributed by atoms with E-state index in [0.29, 0.717) is 0 Å². The number of para-hydroxylation sites is 2. The molecule has 4 aromatic carbocycles. The van der Waals surface area contributed by atoms with Crippen LogP contribution >= 0.6 is 23.2 Å². The van der Waals surface area contributed by atoms with Gasteiger partial charge in [-0.3, -0.25) is 39.6 Å². The van der Waals surface area contributed by atoms with Crippen LogP contribution in [0.5, 0.6) is 0 Å². The predicted octanol–water partition coefficient (Wildman–Crippen LogP) is 7.23. The molecule has 2 amide bonds. The molecule has 0 aromatic heterocycles. The van der Waals surface area contributed by atoms with Gasteiger partial charge >= 0.3 is 0 Å². The lowest BCUT2D eigenvalue weighted by Gasteiger charge is -2.26. The van der Waals surface area contributed by atoms with Crippen LogP contribution in [0.15, 0.2) is 97.1 Å². The van der Waals surface area contributed by atoms with Gasteiger partial charge in [0.2, 0.25) is 11.8 Å². The molecule has 4 aromatic rings. The Hall–Kier alpha value is -4.80. The van der Waals surface area contributed by atoms with Crippen LogP contribution in [0.2, 0.25) is 10.0 Å². The van der Waals surface area contributed by atoms with Crippen molar-refractivity contribution in [3.8, 4) is 0 Å². The van der Waals surface area contributed by atoms with Gasteiger partial charge in [0.25, 0.3) is 11.4 Å². The van der Waals surface area contributed by atoms with Gasteiger partial charge < -0.3 is 0 Å². The molecule has 0 unspecified atom stereocenters. The Balaban J connectivity index is 1.82. The van der Waals surface area contributed by atoms with E-state index in [4.69, 9.17) is 23.2 Å². The van der Waals surface area contributed by atoms with Crippen molar-refractivity contribution in [2.75, 3.05) is 9.80 Å². The monoisotopic (exact) mass is 564 g/mol. The fourth-order valence-corrected chi connectivity index (χ4v) is 4.27. The second kappa shape index (κ2) is 11.7. The van der Waals surface area contributed by atoms with Gasteiger partial charge in [-0.1, -0.05) is 59.6 Å². The molecule has 0 spiro atoms. The predicted molar refractivity (Wildman–Crippen MR) is 148 cm³/mol. The average Bonchev–Trinajstić information content (AvgIpc) is 2.90. The van der Waals surface area contributed by atoms with Gasteiger partial charge in [0, 0.05) is 33.6 Å². The molecule has 0 aliphatic rings. The Morgan fingerprint density at radius 3 is 1.31 bits per heavy atom. The van der Waals surface area contributed by atoms with Gasteiger partial charge in [-0.2, -0.15) is 0 Å². The summed E-state index contributed by atoms with van der Waals surface area (Å²) in [4.78, 5) is 51.8. The first-order valence-corrected chi connectivity index (χ1v) is 12.1. The number of carbonyl (C=O) groups excluding carboxylic acids is 2. The second-order valence-corrected chi connectivity index (χ2v) is 8.96. The van der Waals surface area contributed by atoms with E-state index in [2.05, 4.69) is 0 Å². The number of nitro benzene ring substituents is 2. The Morgan fingerprint density at radius 2 is 0.974 bits per heavy atom. The van der Waals surface area contributed by atoms with E-state index >= 15 is 0 Å². The van der Waals surface area contributed by atoms with Crippen LogP contribution < -0.4 is 9.80 Å². The highest BCUT2D eigenvalue weighted by molar-refractivity contribution is 6.31. The van der Waals surface area contributed by atoms with Gasteiger partial charge in [0.1, 0.15) is 17.8 Å². The number of anilines is 4. The molecule has 0 bridgehead atoms. The van der Waals surface area contributed by atoms with E-state index in [-0.39, 0.29) is 32.8 Å². The first-order chi connectivity index (χ1) is 18.7. The van der Waals surface area contributed by atoms with E-state index in [1.807, 2.05) is 0 Å². The fraction of sp³-hybridized carbons (Fsp3) is 0.0370. The summed E-state index contributed by atoms with van der Waals surface area (Å²) in [6.07, 6.45) is -0.808. The van der Waals surface area contributed by atoms with Gasteiger partial charge in [-0.05, 0) is 48.5 Å². The van der Waals surface area contributed by atoms with Crippen LogP contribution in [0.1, 0.15) is 6.42 Å². The fourth-order valence-electron chi connectivity index (χ4n) is 3.94. The molecule has 0 fully saturated rings. The highest BCUT2D eigenvalue weighted by atomic mass is 35.5. The lowest BCUT2D eigenvalue weighted by molar-refractivity contribution is -0.384. The SMILES string of the molecule is O=C(CC(=O)N(c1ccccc1)c1cc(Cl)ccc1[N+](=O)[O-])N(c1ccccc1)c1cc(Cl)ccc1[N+](=O)[O-]. The molecule has 0 N–H and O–H groups in total. The Labute approximate surface area is 231 Å². The number of benzene rings is 4. The third-order valence-electron chi connectivity index (χ3n) is 5.58. The third-order valence-corrected chi connectivity index (χ3v) is 6.05. The summed E-state index contributed by atoms with van der Waals surface area (Å²) >= 11 is 12.2. The molecule has 0 aliphatic heterocycles. The summed E-state index contributed by atoms with van der Waals surface area (Å²) in [6, 6.07) is 23.5. The van der Waals surface area contributed by atoms with Crippen LogP contribution in [0, 0.1) is 20.2 Å². The molecular weight excluding hydrogens is 547 g/mol. The van der Waals surface area contributed by atoms with E-state index in [1.54, 1.807) is 60.7 Å². The standard InChI is InChI=1S/C27H18Cl2N4O6/c28-18-11-13-22(32(36)37)24(15-18)30(20-7-3-1-4-8-20)26(34)17-27(35)31(21-9-5-2-6-10-21)25-16-19(29)12-14-23(25)33(38)39/h1-16H,17H2. The molecule has 39 heavy (non-hydrogen) atoms. The largest absolute Gasteiger partial charge is 0.293 e. The minimum Gasteiger partial charge on any atom is -0.274 e. The van der Waals surface area contributed by atoms with Crippen LogP contribution in [-0.2, 0) is 9.59 Å². The van der Waals surface area contributed by atoms with E-state index in [9.17, 15) is 29.8 Å². The second-order valence-electron chi connectivity index (χ2n) is 8.09. The zero-order valence-corrected chi connectivity index (χ0v) is 21.5. The molecule has 10 nitrogen and oxygen atoms in total. The number of nitro groups is 2. The van der Waals surface area contributed by atoms with Crippen molar-refractivity contribution in [3.05, 3.63) is 127 Å². The van der Waals surface area contributed by atoms with E-state index in [1.165, 1.54) is 24.3 Å². The molecule has 196 valence electrons. The van der Waals surface area contributed by atoms with Crippen molar-refractivity contribution in [2.45, 2.75) is 6.42 Å². The third kappa shape index (κ3) is 6.03. The molecule has 0 saturated carbocycles. The van der Waals surface area contributed by atoms with Crippen LogP contribution in [-0.4, -0.2) is 21.7 Å². The van der Waals surface area contributed by atoms with Gasteiger partial charge in [0.05, 0.1) is 9.85 Å². The van der Waals surface area contributed by atoms with Crippen LogP contribution in [0.4, 0.5) is 34.1 Å². The van der Waals surface area contributed by atoms with Gasteiger partial charge in [-0.25, -0.2) is 0 Å². The molecule has 0 heterocycles. The van der Waals surface area contributed by atoms with Crippen molar-refractivity contribution in [2.24, 2.45) is 0 Å². The summed E-state index contributed by atoms with van der Waals surface area (Å²) < 4.78 is 0. The number of carbonyl (C=O) groups is 2. The Bertz CT molecular complexity index is 1450. The zero-order valence-electron chi connectivity index (χ0n) is 19.9. The Morgan fingerprint density at radius 1 is 0.615 bits per heavy atom. The first kappa shape index (κ1) is 27.2. The van der Waals surface area contributed by atoms with Gasteiger partial charge in [0.15, 0.2) is 0 Å². The van der Waals surface area contributed by atoms with Gasteiger partial charge in [-0.15, -0.1) is 0 Å². The summed E-state index contributed by atoms with van der Waals surface area (Å²) in [5.41, 5.74) is -0.599. The molecule has 12 heteroatoms.